The zero-order valence-electron chi connectivity index (χ0n) is 19.4. The van der Waals surface area contributed by atoms with Gasteiger partial charge < -0.3 is 18.9 Å². The molecule has 1 aromatic rings. The van der Waals surface area contributed by atoms with Crippen LogP contribution in [-0.4, -0.2) is 49.2 Å². The second kappa shape index (κ2) is 8.68. The molecule has 1 aromatic carbocycles. The molecule has 170 valence electrons. The molecule has 3 aliphatic rings. The Morgan fingerprint density at radius 1 is 1.29 bits per heavy atom. The molecule has 2 aliphatic heterocycles. The van der Waals surface area contributed by atoms with Crippen molar-refractivity contribution in [1.29, 1.82) is 0 Å². The molecule has 4 rings (SSSR count). The normalized spacial score (nSPS) is 37.2. The molecule has 5 nitrogen and oxygen atoms in total. The molecule has 2 saturated heterocycles. The number of benzene rings is 1. The maximum Gasteiger partial charge on any atom is 0.306 e. The first-order valence-electron chi connectivity index (χ1n) is 11.5. The number of epoxide rings is 2. The summed E-state index contributed by atoms with van der Waals surface area (Å²) >= 11 is 0. The van der Waals surface area contributed by atoms with E-state index < -0.39 is 0 Å². The zero-order chi connectivity index (χ0) is 22.2. The molecule has 1 aliphatic carbocycles. The van der Waals surface area contributed by atoms with Gasteiger partial charge in [-0.2, -0.15) is 0 Å². The Morgan fingerprint density at radius 2 is 2.00 bits per heavy atom. The average molecular weight is 429 g/mol. The van der Waals surface area contributed by atoms with Crippen LogP contribution in [0.25, 0.3) is 0 Å². The highest BCUT2D eigenvalue weighted by atomic mass is 16.6. The van der Waals surface area contributed by atoms with Crippen LogP contribution in [0.3, 0.4) is 0 Å². The first-order valence-corrected chi connectivity index (χ1v) is 11.5. The number of hydrogen-bond acceptors (Lipinski definition) is 5. The SMILES string of the molecule is CO[C@@H]1[C@H](OC(=O)C[C@@H](C)c2ccccc2)CC[C@]2(CO2)[C@H]1[C@]1(C)O[C@@H]1CC=C(C)C. The molecular formula is C26H36O5. The van der Waals surface area contributed by atoms with E-state index in [0.717, 1.165) is 31.4 Å². The van der Waals surface area contributed by atoms with E-state index in [1.165, 1.54) is 5.57 Å². The first kappa shape index (κ1) is 22.5. The first-order chi connectivity index (χ1) is 14.8. The van der Waals surface area contributed by atoms with Crippen molar-refractivity contribution in [2.45, 2.75) is 88.8 Å². The van der Waals surface area contributed by atoms with E-state index in [2.05, 4.69) is 45.9 Å². The minimum Gasteiger partial charge on any atom is -0.460 e. The number of allylic oxidation sites excluding steroid dienone is 1. The maximum absolute atomic E-state index is 12.8. The van der Waals surface area contributed by atoms with Gasteiger partial charge in [0.25, 0.3) is 0 Å². The van der Waals surface area contributed by atoms with Crippen LogP contribution < -0.4 is 0 Å². The molecule has 0 aromatic heterocycles. The highest BCUT2D eigenvalue weighted by Crippen LogP contribution is 2.59. The van der Waals surface area contributed by atoms with Crippen LogP contribution in [0.2, 0.25) is 0 Å². The topological polar surface area (TPSA) is 60.6 Å². The lowest BCUT2D eigenvalue weighted by atomic mass is 9.68. The number of rotatable bonds is 8. The van der Waals surface area contributed by atoms with Gasteiger partial charge in [-0.1, -0.05) is 48.9 Å². The second-order valence-electron chi connectivity index (χ2n) is 9.92. The number of hydrogen-bond donors (Lipinski definition) is 0. The lowest BCUT2D eigenvalue weighted by molar-refractivity contribution is -0.172. The van der Waals surface area contributed by atoms with E-state index >= 15 is 0 Å². The molecule has 0 amide bonds. The van der Waals surface area contributed by atoms with Crippen LogP contribution in [0.1, 0.15) is 64.9 Å². The van der Waals surface area contributed by atoms with Gasteiger partial charge in [-0.3, -0.25) is 4.79 Å². The Kier molecular flexibility index (Phi) is 6.30. The smallest absolute Gasteiger partial charge is 0.306 e. The van der Waals surface area contributed by atoms with Crippen LogP contribution in [0.15, 0.2) is 42.0 Å². The van der Waals surface area contributed by atoms with Gasteiger partial charge in [0.2, 0.25) is 0 Å². The molecule has 5 heteroatoms. The molecule has 3 fully saturated rings. The lowest BCUT2D eigenvalue weighted by Gasteiger charge is -2.42. The summed E-state index contributed by atoms with van der Waals surface area (Å²) in [5, 5.41) is 0. The van der Waals surface area contributed by atoms with Crippen molar-refractivity contribution in [3.05, 3.63) is 47.5 Å². The standard InChI is InChI=1S/C26H36O5/c1-17(2)11-12-21-25(4,31-21)24-23(28-5)20(13-14-26(24)16-29-26)30-22(27)15-18(3)19-9-7-6-8-10-19/h6-11,18,20-21,23-24H,12-16H2,1-5H3/t18-,20-,21-,23-,24-,25-,26+/m1/s1. The largest absolute Gasteiger partial charge is 0.460 e. The lowest BCUT2D eigenvalue weighted by Crippen LogP contribution is -2.55. The van der Waals surface area contributed by atoms with Crippen molar-refractivity contribution in [3.63, 3.8) is 0 Å². The van der Waals surface area contributed by atoms with Crippen LogP contribution >= 0.6 is 0 Å². The molecule has 0 bridgehead atoms. The summed E-state index contributed by atoms with van der Waals surface area (Å²) in [5.74, 6) is 0.00126. The van der Waals surface area contributed by atoms with Crippen molar-refractivity contribution in [3.8, 4) is 0 Å². The second-order valence-corrected chi connectivity index (χ2v) is 9.92. The predicted octanol–water partition coefficient (Wildman–Crippen LogP) is 4.80. The highest BCUT2D eigenvalue weighted by Gasteiger charge is 2.72. The molecule has 0 N–H and O–H groups in total. The summed E-state index contributed by atoms with van der Waals surface area (Å²) in [5.41, 5.74) is 1.93. The maximum atomic E-state index is 12.8. The van der Waals surface area contributed by atoms with Gasteiger partial charge in [-0.05, 0) is 51.5 Å². The van der Waals surface area contributed by atoms with Crippen LogP contribution in [0, 0.1) is 5.92 Å². The third-order valence-corrected chi connectivity index (χ3v) is 7.36. The van der Waals surface area contributed by atoms with Crippen molar-refractivity contribution in [2.75, 3.05) is 13.7 Å². The quantitative estimate of drug-likeness (QED) is 0.338. The summed E-state index contributed by atoms with van der Waals surface area (Å²) in [6, 6.07) is 10.1. The number of esters is 1. The average Bonchev–Trinajstić information content (AvgIpc) is 3.65. The Hall–Kier alpha value is -1.69. The molecule has 0 unspecified atom stereocenters. The van der Waals surface area contributed by atoms with Gasteiger partial charge in [0.05, 0.1) is 25.0 Å². The van der Waals surface area contributed by atoms with Crippen molar-refractivity contribution < 1.29 is 23.7 Å². The number of ether oxygens (including phenoxy) is 4. The minimum atomic E-state index is -0.314. The molecule has 7 atom stereocenters. The molecule has 0 radical (unpaired) electrons. The van der Waals surface area contributed by atoms with Gasteiger partial charge in [-0.15, -0.1) is 0 Å². The van der Waals surface area contributed by atoms with Crippen LogP contribution in [0.5, 0.6) is 0 Å². The minimum absolute atomic E-state index is 0.0543. The Bertz CT molecular complexity index is 810. The van der Waals surface area contributed by atoms with Gasteiger partial charge >= 0.3 is 5.97 Å². The summed E-state index contributed by atoms with van der Waals surface area (Å²) in [4.78, 5) is 12.8. The Balaban J connectivity index is 1.43. The van der Waals surface area contributed by atoms with E-state index in [-0.39, 0.29) is 47.3 Å². The highest BCUT2D eigenvalue weighted by molar-refractivity contribution is 5.70. The number of carbonyl (C=O) groups excluding carboxylic acids is 1. The van der Waals surface area contributed by atoms with E-state index in [1.807, 2.05) is 18.2 Å². The van der Waals surface area contributed by atoms with Crippen LogP contribution in [-0.2, 0) is 23.7 Å². The van der Waals surface area contributed by atoms with Crippen molar-refractivity contribution >= 4 is 5.97 Å². The van der Waals surface area contributed by atoms with Crippen LogP contribution in [0.4, 0.5) is 0 Å². The molecule has 1 saturated carbocycles. The van der Waals surface area contributed by atoms with E-state index in [1.54, 1.807) is 7.11 Å². The molecule has 2 heterocycles. The number of methoxy groups -OCH3 is 1. The fraction of sp³-hybridized carbons (Fsp3) is 0.654. The molecule has 31 heavy (non-hydrogen) atoms. The van der Waals surface area contributed by atoms with Gasteiger partial charge in [0, 0.05) is 7.11 Å². The fourth-order valence-corrected chi connectivity index (χ4v) is 5.44. The third-order valence-electron chi connectivity index (χ3n) is 7.36. The predicted molar refractivity (Wildman–Crippen MR) is 119 cm³/mol. The van der Waals surface area contributed by atoms with E-state index in [0.29, 0.717) is 6.42 Å². The Labute approximate surface area is 186 Å². The van der Waals surface area contributed by atoms with E-state index in [9.17, 15) is 4.79 Å². The Morgan fingerprint density at radius 3 is 2.61 bits per heavy atom. The zero-order valence-corrected chi connectivity index (χ0v) is 19.4. The summed E-state index contributed by atoms with van der Waals surface area (Å²) in [6.45, 7) is 9.18. The monoisotopic (exact) mass is 428 g/mol. The molecule has 1 spiro atoms. The fourth-order valence-electron chi connectivity index (χ4n) is 5.44. The van der Waals surface area contributed by atoms with Crippen molar-refractivity contribution in [2.24, 2.45) is 5.92 Å². The number of carbonyl (C=O) groups is 1. The summed E-state index contributed by atoms with van der Waals surface area (Å²) < 4.78 is 24.2. The summed E-state index contributed by atoms with van der Waals surface area (Å²) in [7, 11) is 1.71. The third kappa shape index (κ3) is 4.59. The summed E-state index contributed by atoms with van der Waals surface area (Å²) in [6.07, 6.45) is 4.76. The molecular weight excluding hydrogens is 392 g/mol. The van der Waals surface area contributed by atoms with Crippen molar-refractivity contribution in [1.82, 2.24) is 0 Å². The van der Waals surface area contributed by atoms with Gasteiger partial charge in [0.15, 0.2) is 0 Å². The van der Waals surface area contributed by atoms with Gasteiger partial charge in [-0.25, -0.2) is 0 Å². The van der Waals surface area contributed by atoms with E-state index in [4.69, 9.17) is 18.9 Å². The van der Waals surface area contributed by atoms with Gasteiger partial charge in [0.1, 0.15) is 23.4 Å².